The van der Waals surface area contributed by atoms with Gasteiger partial charge in [-0.25, -0.2) is 0 Å². The Hall–Kier alpha value is 0.0569. The van der Waals surface area contributed by atoms with Gasteiger partial charge in [-0.05, 0) is 19.4 Å². The van der Waals surface area contributed by atoms with Gasteiger partial charge >= 0.3 is 8.80 Å². The Morgan fingerprint density at radius 2 is 1.57 bits per heavy atom. The fourth-order valence-electron chi connectivity index (χ4n) is 1.10. The van der Waals surface area contributed by atoms with Gasteiger partial charge in [-0.3, -0.25) is 0 Å². The minimum absolute atomic E-state index is 0.549. The molecule has 0 saturated carbocycles. The molecule has 4 nitrogen and oxygen atoms in total. The molecule has 0 unspecified atom stereocenters. The van der Waals surface area contributed by atoms with E-state index in [1.807, 2.05) is 0 Å². The topological polar surface area (TPSA) is 53.7 Å². The van der Waals surface area contributed by atoms with Crippen molar-refractivity contribution in [2.24, 2.45) is 5.73 Å². The van der Waals surface area contributed by atoms with Gasteiger partial charge in [0.2, 0.25) is 0 Å². The first-order valence-corrected chi connectivity index (χ1v) is 7.21. The van der Waals surface area contributed by atoms with Crippen molar-refractivity contribution in [2.45, 2.75) is 32.7 Å². The first-order chi connectivity index (χ1) is 6.74. The molecule has 0 radical (unpaired) electrons. The average molecular weight is 221 g/mol. The van der Waals surface area contributed by atoms with Gasteiger partial charge in [-0.2, -0.15) is 0 Å². The van der Waals surface area contributed by atoms with Crippen LogP contribution in [0.4, 0.5) is 0 Å². The molecule has 2 N–H and O–H groups in total. The molecule has 0 aromatic carbocycles. The molecule has 0 fully saturated rings. The molecular formula is C9H23NO3Si. The fraction of sp³-hybridized carbons (Fsp3) is 1.00. The Labute approximate surface area is 88.1 Å². The van der Waals surface area contributed by atoms with Crippen LogP contribution in [0.2, 0.25) is 6.04 Å². The Kier molecular flexibility index (Phi) is 8.41. The van der Waals surface area contributed by atoms with Crippen molar-refractivity contribution >= 4 is 8.80 Å². The van der Waals surface area contributed by atoms with Crippen molar-refractivity contribution in [3.8, 4) is 0 Å². The van der Waals surface area contributed by atoms with Gasteiger partial charge in [-0.15, -0.1) is 0 Å². The minimum atomic E-state index is -2.44. The molecule has 5 heteroatoms. The molecule has 0 amide bonds. The molecule has 0 aliphatic heterocycles. The summed E-state index contributed by atoms with van der Waals surface area (Å²) >= 11 is 0. The van der Waals surface area contributed by atoms with Gasteiger partial charge in [0.25, 0.3) is 0 Å². The molecule has 0 spiro atoms. The summed E-state index contributed by atoms with van der Waals surface area (Å²) in [6, 6.07) is 0.698. The number of nitrogens with two attached hydrogens (primary N) is 1. The molecule has 86 valence electrons. The molecule has 0 heterocycles. The van der Waals surface area contributed by atoms with E-state index in [0.717, 1.165) is 12.8 Å². The largest absolute Gasteiger partial charge is 0.501 e. The second-order valence-corrected chi connectivity index (χ2v) is 5.97. The van der Waals surface area contributed by atoms with E-state index in [1.54, 1.807) is 7.11 Å². The van der Waals surface area contributed by atoms with Crippen molar-refractivity contribution in [3.05, 3.63) is 0 Å². The predicted octanol–water partition coefficient (Wildman–Crippen LogP) is 1.38. The van der Waals surface area contributed by atoms with E-state index in [-0.39, 0.29) is 0 Å². The summed E-state index contributed by atoms with van der Waals surface area (Å²) in [5.74, 6) is 0. The highest BCUT2D eigenvalue weighted by Crippen LogP contribution is 2.14. The summed E-state index contributed by atoms with van der Waals surface area (Å²) in [4.78, 5) is 0. The third kappa shape index (κ3) is 5.07. The Bertz CT molecular complexity index is 127. The van der Waals surface area contributed by atoms with Crippen molar-refractivity contribution in [1.82, 2.24) is 0 Å². The number of hydrogen-bond acceptors (Lipinski definition) is 4. The van der Waals surface area contributed by atoms with E-state index in [0.29, 0.717) is 25.8 Å². The molecule has 0 saturated heterocycles. The molecule has 0 aliphatic carbocycles. The van der Waals surface area contributed by atoms with E-state index < -0.39 is 8.80 Å². The van der Waals surface area contributed by atoms with Crippen LogP contribution in [0.1, 0.15) is 26.7 Å². The third-order valence-corrected chi connectivity index (χ3v) is 4.62. The maximum Gasteiger partial charge on any atom is 0.501 e. The SMILES string of the molecule is CCCO[Si](CCN)(OC)OCCC. The number of hydrogen-bond donors (Lipinski definition) is 1. The van der Waals surface area contributed by atoms with Gasteiger partial charge in [-0.1, -0.05) is 13.8 Å². The van der Waals surface area contributed by atoms with E-state index in [1.165, 1.54) is 0 Å². The van der Waals surface area contributed by atoms with E-state index in [9.17, 15) is 0 Å². The van der Waals surface area contributed by atoms with E-state index in [2.05, 4.69) is 13.8 Å². The van der Waals surface area contributed by atoms with Gasteiger partial charge in [0, 0.05) is 26.4 Å². The Morgan fingerprint density at radius 3 is 1.86 bits per heavy atom. The summed E-state index contributed by atoms with van der Waals surface area (Å²) in [5, 5.41) is 0. The average Bonchev–Trinajstić information content (AvgIpc) is 2.22. The summed E-state index contributed by atoms with van der Waals surface area (Å²) in [5.41, 5.74) is 5.53. The second kappa shape index (κ2) is 8.37. The molecule has 0 aromatic rings. The zero-order valence-corrected chi connectivity index (χ0v) is 10.5. The number of rotatable bonds is 9. The highest BCUT2D eigenvalue weighted by molar-refractivity contribution is 6.60. The van der Waals surface area contributed by atoms with Crippen molar-refractivity contribution < 1.29 is 13.3 Å². The first-order valence-electron chi connectivity index (χ1n) is 5.27. The van der Waals surface area contributed by atoms with Gasteiger partial charge in [0.15, 0.2) is 0 Å². The van der Waals surface area contributed by atoms with Crippen LogP contribution in [-0.2, 0) is 13.3 Å². The van der Waals surface area contributed by atoms with Crippen LogP contribution >= 0.6 is 0 Å². The summed E-state index contributed by atoms with van der Waals surface area (Å²) in [7, 11) is -0.790. The lowest BCUT2D eigenvalue weighted by molar-refractivity contribution is 0.0781. The summed E-state index contributed by atoms with van der Waals surface area (Å²) in [6.07, 6.45) is 1.94. The maximum absolute atomic E-state index is 5.68. The van der Waals surface area contributed by atoms with Crippen LogP contribution < -0.4 is 5.73 Å². The van der Waals surface area contributed by atoms with Crippen LogP contribution in [0.3, 0.4) is 0 Å². The monoisotopic (exact) mass is 221 g/mol. The van der Waals surface area contributed by atoms with Gasteiger partial charge in [0.05, 0.1) is 0 Å². The van der Waals surface area contributed by atoms with Crippen LogP contribution in [0, 0.1) is 0 Å². The van der Waals surface area contributed by atoms with Crippen LogP contribution in [0.15, 0.2) is 0 Å². The van der Waals surface area contributed by atoms with Crippen LogP contribution in [0.25, 0.3) is 0 Å². The van der Waals surface area contributed by atoms with Gasteiger partial charge < -0.3 is 19.0 Å². The zero-order chi connectivity index (χ0) is 10.9. The Morgan fingerprint density at radius 1 is 1.07 bits per heavy atom. The van der Waals surface area contributed by atoms with Gasteiger partial charge in [0.1, 0.15) is 0 Å². The molecule has 0 aliphatic rings. The van der Waals surface area contributed by atoms with E-state index in [4.69, 9.17) is 19.0 Å². The lowest BCUT2D eigenvalue weighted by Crippen LogP contribution is -2.46. The van der Waals surface area contributed by atoms with Crippen LogP contribution in [0.5, 0.6) is 0 Å². The first kappa shape index (κ1) is 14.1. The molecular weight excluding hydrogens is 198 g/mol. The normalized spacial score (nSPS) is 12.0. The van der Waals surface area contributed by atoms with Crippen molar-refractivity contribution in [3.63, 3.8) is 0 Å². The summed E-state index contributed by atoms with van der Waals surface area (Å²) in [6.45, 7) is 6.05. The lowest BCUT2D eigenvalue weighted by atomic mass is 10.5. The Balaban J connectivity index is 4.11. The van der Waals surface area contributed by atoms with Crippen molar-refractivity contribution in [1.29, 1.82) is 0 Å². The lowest BCUT2D eigenvalue weighted by Gasteiger charge is -2.27. The molecule has 0 bridgehead atoms. The highest BCUT2D eigenvalue weighted by atomic mass is 28.4. The third-order valence-electron chi connectivity index (χ3n) is 1.81. The fourth-order valence-corrected chi connectivity index (χ4v) is 3.29. The van der Waals surface area contributed by atoms with Crippen molar-refractivity contribution in [2.75, 3.05) is 26.9 Å². The standard InChI is InChI=1S/C9H23NO3Si/c1-4-7-12-14(11-3,9-6-10)13-8-5-2/h4-10H2,1-3H3. The maximum atomic E-state index is 5.68. The van der Waals surface area contributed by atoms with Crippen LogP contribution in [-0.4, -0.2) is 35.7 Å². The summed E-state index contributed by atoms with van der Waals surface area (Å²) < 4.78 is 16.8. The zero-order valence-electron chi connectivity index (χ0n) is 9.54. The molecule has 0 aromatic heterocycles. The molecule has 14 heavy (non-hydrogen) atoms. The quantitative estimate of drug-likeness (QED) is 0.598. The molecule has 0 rings (SSSR count). The van der Waals surface area contributed by atoms with E-state index >= 15 is 0 Å². The molecule has 0 atom stereocenters. The smallest absolute Gasteiger partial charge is 0.377 e. The second-order valence-electron chi connectivity index (χ2n) is 3.12. The minimum Gasteiger partial charge on any atom is -0.377 e. The highest BCUT2D eigenvalue weighted by Gasteiger charge is 2.38. The predicted molar refractivity (Wildman–Crippen MR) is 59.1 cm³/mol.